The van der Waals surface area contributed by atoms with Gasteiger partial charge in [-0.25, -0.2) is 0 Å². The Hall–Kier alpha value is -1.35. The Morgan fingerprint density at radius 2 is 1.81 bits per heavy atom. The van der Waals surface area contributed by atoms with Crippen LogP contribution < -0.4 is 4.74 Å². The molecule has 1 heterocycles. The van der Waals surface area contributed by atoms with E-state index in [0.29, 0.717) is 11.6 Å². The van der Waals surface area contributed by atoms with E-state index in [4.69, 9.17) is 4.74 Å². The molecular weight excluding hydrogens is 262 g/mol. The summed E-state index contributed by atoms with van der Waals surface area (Å²) >= 11 is 0. The third-order valence-corrected chi connectivity index (χ3v) is 4.82. The second-order valence-corrected chi connectivity index (χ2v) is 6.30. The van der Waals surface area contributed by atoms with Crippen LogP contribution in [-0.4, -0.2) is 35.9 Å². The van der Waals surface area contributed by atoms with Crippen LogP contribution in [0.15, 0.2) is 24.3 Å². The summed E-state index contributed by atoms with van der Waals surface area (Å²) in [6.45, 7) is 4.03. The Balaban J connectivity index is 1.76. The molecule has 3 rings (SSSR count). The van der Waals surface area contributed by atoms with Crippen LogP contribution in [0.4, 0.5) is 0 Å². The molecule has 2 unspecified atom stereocenters. The van der Waals surface area contributed by atoms with Gasteiger partial charge in [0.05, 0.1) is 5.56 Å². The average molecular weight is 287 g/mol. The van der Waals surface area contributed by atoms with E-state index in [1.165, 1.54) is 45.2 Å². The molecule has 1 aliphatic heterocycles. The normalized spacial score (nSPS) is 26.7. The molecule has 2 aliphatic rings. The van der Waals surface area contributed by atoms with Crippen molar-refractivity contribution in [2.75, 3.05) is 13.1 Å². The third-order valence-electron chi connectivity index (χ3n) is 4.82. The van der Waals surface area contributed by atoms with Crippen molar-refractivity contribution in [3.8, 4) is 5.75 Å². The molecule has 3 heteroatoms. The monoisotopic (exact) mass is 287 g/mol. The number of hydrogen-bond acceptors (Lipinski definition) is 3. The van der Waals surface area contributed by atoms with Crippen molar-refractivity contribution in [2.45, 2.75) is 57.6 Å². The molecule has 2 fully saturated rings. The van der Waals surface area contributed by atoms with E-state index in [1.807, 2.05) is 24.3 Å². The fourth-order valence-corrected chi connectivity index (χ4v) is 3.73. The summed E-state index contributed by atoms with van der Waals surface area (Å²) in [7, 11) is 0. The van der Waals surface area contributed by atoms with Crippen LogP contribution in [0.5, 0.6) is 5.75 Å². The summed E-state index contributed by atoms with van der Waals surface area (Å²) in [6.07, 6.45) is 7.73. The zero-order chi connectivity index (χ0) is 14.7. The van der Waals surface area contributed by atoms with Crippen molar-refractivity contribution in [3.05, 3.63) is 29.8 Å². The largest absolute Gasteiger partial charge is 0.488 e. The number of ether oxygens (including phenoxy) is 1. The number of benzene rings is 1. The van der Waals surface area contributed by atoms with Gasteiger partial charge in [-0.15, -0.1) is 0 Å². The molecular formula is C18H25NO2. The van der Waals surface area contributed by atoms with E-state index in [-0.39, 0.29) is 11.9 Å². The van der Waals surface area contributed by atoms with Gasteiger partial charge in [0, 0.05) is 6.04 Å². The van der Waals surface area contributed by atoms with Gasteiger partial charge in [0.2, 0.25) is 0 Å². The minimum atomic E-state index is 0.0825. The van der Waals surface area contributed by atoms with Gasteiger partial charge in [0.15, 0.2) is 5.78 Å². The lowest BCUT2D eigenvalue weighted by atomic mass is 9.91. The summed E-state index contributed by atoms with van der Waals surface area (Å²) in [4.78, 5) is 14.4. The predicted octanol–water partition coefficient (Wildman–Crippen LogP) is 3.68. The Bertz CT molecular complexity index is 494. The lowest BCUT2D eigenvalue weighted by molar-refractivity contribution is 0.0478. The zero-order valence-corrected chi connectivity index (χ0v) is 12.9. The number of likely N-dealkylation sites (tertiary alicyclic amines) is 1. The molecule has 1 aromatic rings. The molecule has 21 heavy (non-hydrogen) atoms. The van der Waals surface area contributed by atoms with E-state index in [1.54, 1.807) is 6.92 Å². The Morgan fingerprint density at radius 1 is 1.10 bits per heavy atom. The molecule has 0 spiro atoms. The number of hydrogen-bond donors (Lipinski definition) is 0. The first-order valence-electron chi connectivity index (χ1n) is 8.26. The quantitative estimate of drug-likeness (QED) is 0.791. The number of Topliss-reactive ketones (excluding diaryl/α,β-unsaturated/α-hetero) is 1. The first-order valence-corrected chi connectivity index (χ1v) is 8.26. The highest BCUT2D eigenvalue weighted by molar-refractivity contribution is 5.96. The molecule has 1 saturated carbocycles. The van der Waals surface area contributed by atoms with Gasteiger partial charge in [-0.2, -0.15) is 0 Å². The molecule has 2 atom stereocenters. The SMILES string of the molecule is CC(=O)c1ccccc1OC1CCCCC1N1CCCC1. The number of nitrogens with zero attached hydrogens (tertiary/aromatic N) is 1. The predicted molar refractivity (Wildman–Crippen MR) is 83.9 cm³/mol. The molecule has 0 N–H and O–H groups in total. The molecule has 0 bridgehead atoms. The van der Waals surface area contributed by atoms with E-state index >= 15 is 0 Å². The Morgan fingerprint density at radius 3 is 2.57 bits per heavy atom. The van der Waals surface area contributed by atoms with Gasteiger partial charge in [0.1, 0.15) is 11.9 Å². The van der Waals surface area contributed by atoms with Crippen molar-refractivity contribution < 1.29 is 9.53 Å². The van der Waals surface area contributed by atoms with E-state index in [2.05, 4.69) is 4.90 Å². The van der Waals surface area contributed by atoms with Gasteiger partial charge in [-0.1, -0.05) is 18.6 Å². The maximum Gasteiger partial charge on any atom is 0.163 e. The molecule has 3 nitrogen and oxygen atoms in total. The van der Waals surface area contributed by atoms with Gasteiger partial charge >= 0.3 is 0 Å². The van der Waals surface area contributed by atoms with Crippen molar-refractivity contribution in [2.24, 2.45) is 0 Å². The van der Waals surface area contributed by atoms with Gasteiger partial charge < -0.3 is 4.74 Å². The van der Waals surface area contributed by atoms with E-state index in [9.17, 15) is 4.79 Å². The Labute approximate surface area is 127 Å². The number of rotatable bonds is 4. The van der Waals surface area contributed by atoms with Gasteiger partial charge in [-0.05, 0) is 64.3 Å². The molecule has 0 amide bonds. The minimum Gasteiger partial charge on any atom is -0.488 e. The highest BCUT2D eigenvalue weighted by atomic mass is 16.5. The standard InChI is InChI=1S/C18H25NO2/c1-14(20)15-8-2-4-10-17(15)21-18-11-5-3-9-16(18)19-12-6-7-13-19/h2,4,8,10,16,18H,3,5-7,9,11-13H2,1H3. The van der Waals surface area contributed by atoms with Crippen LogP contribution in [0.1, 0.15) is 55.8 Å². The van der Waals surface area contributed by atoms with Gasteiger partial charge in [0.25, 0.3) is 0 Å². The summed E-state index contributed by atoms with van der Waals surface area (Å²) in [5.41, 5.74) is 0.711. The molecule has 1 aromatic carbocycles. The number of ketones is 1. The Kier molecular flexibility index (Phi) is 4.59. The number of carbonyl (C=O) groups excluding carboxylic acids is 1. The smallest absolute Gasteiger partial charge is 0.163 e. The fraction of sp³-hybridized carbons (Fsp3) is 0.611. The molecule has 1 saturated heterocycles. The van der Waals surface area contributed by atoms with Crippen LogP contribution in [0, 0.1) is 0 Å². The first kappa shape index (κ1) is 14.6. The summed E-state index contributed by atoms with van der Waals surface area (Å²) in [5, 5.41) is 0. The number of carbonyl (C=O) groups is 1. The topological polar surface area (TPSA) is 29.5 Å². The average Bonchev–Trinajstić information content (AvgIpc) is 3.02. The van der Waals surface area contributed by atoms with Crippen LogP contribution in [0.3, 0.4) is 0 Å². The summed E-state index contributed by atoms with van der Waals surface area (Å²) in [5.74, 6) is 0.847. The lowest BCUT2D eigenvalue weighted by Crippen LogP contribution is -2.46. The van der Waals surface area contributed by atoms with Gasteiger partial charge in [-0.3, -0.25) is 9.69 Å². The van der Waals surface area contributed by atoms with Crippen LogP contribution >= 0.6 is 0 Å². The highest BCUT2D eigenvalue weighted by Crippen LogP contribution is 2.30. The maximum absolute atomic E-state index is 11.8. The van der Waals surface area contributed by atoms with Crippen molar-refractivity contribution >= 4 is 5.78 Å². The highest BCUT2D eigenvalue weighted by Gasteiger charge is 2.33. The van der Waals surface area contributed by atoms with Crippen LogP contribution in [0.25, 0.3) is 0 Å². The molecule has 114 valence electrons. The molecule has 1 aliphatic carbocycles. The lowest BCUT2D eigenvalue weighted by Gasteiger charge is -2.38. The van der Waals surface area contributed by atoms with E-state index < -0.39 is 0 Å². The number of para-hydroxylation sites is 1. The zero-order valence-electron chi connectivity index (χ0n) is 12.9. The molecule has 0 radical (unpaired) electrons. The second kappa shape index (κ2) is 6.61. The molecule has 0 aromatic heterocycles. The van der Waals surface area contributed by atoms with E-state index in [0.717, 1.165) is 12.2 Å². The summed E-state index contributed by atoms with van der Waals surface area (Å²) < 4.78 is 6.31. The third kappa shape index (κ3) is 3.29. The first-order chi connectivity index (χ1) is 10.3. The van der Waals surface area contributed by atoms with Crippen LogP contribution in [0.2, 0.25) is 0 Å². The van der Waals surface area contributed by atoms with Crippen molar-refractivity contribution in [1.82, 2.24) is 4.90 Å². The fourth-order valence-electron chi connectivity index (χ4n) is 3.73. The van der Waals surface area contributed by atoms with Crippen molar-refractivity contribution in [3.63, 3.8) is 0 Å². The van der Waals surface area contributed by atoms with Crippen molar-refractivity contribution in [1.29, 1.82) is 0 Å². The second-order valence-electron chi connectivity index (χ2n) is 6.30. The maximum atomic E-state index is 11.8. The van der Waals surface area contributed by atoms with Crippen LogP contribution in [-0.2, 0) is 0 Å². The summed E-state index contributed by atoms with van der Waals surface area (Å²) in [6, 6.07) is 8.19. The minimum absolute atomic E-state index is 0.0825.